The lowest BCUT2D eigenvalue weighted by molar-refractivity contribution is -0.137. The number of halogens is 1. The van der Waals surface area contributed by atoms with E-state index in [4.69, 9.17) is 21.1 Å². The summed E-state index contributed by atoms with van der Waals surface area (Å²) in [6.07, 6.45) is 4.65. The molecule has 0 saturated heterocycles. The zero-order chi connectivity index (χ0) is 17.5. The molecule has 0 saturated carbocycles. The zero-order valence-corrected chi connectivity index (χ0v) is 14.5. The molecule has 1 aromatic carbocycles. The van der Waals surface area contributed by atoms with Gasteiger partial charge in [-0.3, -0.25) is 0 Å². The Balaban J connectivity index is 2.33. The van der Waals surface area contributed by atoms with Crippen molar-refractivity contribution in [3.05, 3.63) is 40.6 Å². The fourth-order valence-electron chi connectivity index (χ4n) is 2.25. The number of ether oxygens (including phenoxy) is 2. The van der Waals surface area contributed by atoms with E-state index in [2.05, 4.69) is 4.98 Å². The molecule has 1 aromatic heterocycles. The summed E-state index contributed by atoms with van der Waals surface area (Å²) in [4.78, 5) is 26.9. The molecule has 0 amide bonds. The van der Waals surface area contributed by atoms with Crippen LogP contribution < -0.4 is 0 Å². The molecule has 1 N–H and O–H groups in total. The number of rotatable bonds is 7. The summed E-state index contributed by atoms with van der Waals surface area (Å²) in [6, 6.07) is 5.24. The predicted octanol–water partition coefficient (Wildman–Crippen LogP) is 4.35. The highest BCUT2D eigenvalue weighted by Crippen LogP contribution is 2.27. The largest absolute Gasteiger partial charge is 0.463 e. The smallest absolute Gasteiger partial charge is 0.355 e. The summed E-state index contributed by atoms with van der Waals surface area (Å²) in [7, 11) is 0. The van der Waals surface area contributed by atoms with Gasteiger partial charge in [-0.1, -0.05) is 31.0 Å². The number of carbonyl (C=O) groups is 2. The van der Waals surface area contributed by atoms with Crippen molar-refractivity contribution in [3.63, 3.8) is 0 Å². The van der Waals surface area contributed by atoms with Gasteiger partial charge in [0.15, 0.2) is 0 Å². The molecule has 128 valence electrons. The van der Waals surface area contributed by atoms with E-state index in [1.165, 1.54) is 6.08 Å². The van der Waals surface area contributed by atoms with Crippen LogP contribution >= 0.6 is 11.6 Å². The van der Waals surface area contributed by atoms with Crippen molar-refractivity contribution in [2.24, 2.45) is 0 Å². The monoisotopic (exact) mass is 349 g/mol. The number of unbranched alkanes of at least 4 members (excludes halogenated alkanes) is 1. The van der Waals surface area contributed by atoms with Crippen LogP contribution in [0.3, 0.4) is 0 Å². The van der Waals surface area contributed by atoms with E-state index in [0.29, 0.717) is 22.7 Å². The van der Waals surface area contributed by atoms with E-state index in [1.807, 2.05) is 6.92 Å². The highest BCUT2D eigenvalue weighted by molar-refractivity contribution is 6.31. The number of carbonyl (C=O) groups excluding carboxylic acids is 2. The van der Waals surface area contributed by atoms with Gasteiger partial charge in [0.25, 0.3) is 0 Å². The van der Waals surface area contributed by atoms with Crippen LogP contribution in [-0.2, 0) is 14.3 Å². The van der Waals surface area contributed by atoms with Crippen LogP contribution in [0.15, 0.2) is 24.3 Å². The number of benzene rings is 1. The summed E-state index contributed by atoms with van der Waals surface area (Å²) in [5, 5.41) is 1.33. The van der Waals surface area contributed by atoms with Gasteiger partial charge in [-0.25, -0.2) is 9.59 Å². The molecule has 0 aliphatic carbocycles. The standard InChI is InChI=1S/C18H20ClNO4/c1-3-5-10-24-16(21)9-8-14-13-7-6-12(19)11-15(13)20-17(14)18(22)23-4-2/h6-9,11,20H,3-5,10H2,1-2H3/b9-8+. The van der Waals surface area contributed by atoms with Crippen LogP contribution in [0.5, 0.6) is 0 Å². The van der Waals surface area contributed by atoms with Crippen LogP contribution in [0.2, 0.25) is 5.02 Å². The highest BCUT2D eigenvalue weighted by Gasteiger charge is 2.17. The Morgan fingerprint density at radius 2 is 2.04 bits per heavy atom. The van der Waals surface area contributed by atoms with Crippen LogP contribution in [0.1, 0.15) is 42.7 Å². The maximum absolute atomic E-state index is 12.1. The first kappa shape index (κ1) is 18.1. The number of fused-ring (bicyclic) bond motifs is 1. The van der Waals surface area contributed by atoms with Crippen molar-refractivity contribution in [1.29, 1.82) is 0 Å². The van der Waals surface area contributed by atoms with Gasteiger partial charge < -0.3 is 14.5 Å². The van der Waals surface area contributed by atoms with Gasteiger partial charge in [-0.15, -0.1) is 0 Å². The molecule has 0 fully saturated rings. The number of esters is 2. The molecular weight excluding hydrogens is 330 g/mol. The van der Waals surface area contributed by atoms with Crippen molar-refractivity contribution >= 4 is 40.5 Å². The van der Waals surface area contributed by atoms with Gasteiger partial charge >= 0.3 is 11.9 Å². The van der Waals surface area contributed by atoms with Crippen LogP contribution in [0.4, 0.5) is 0 Å². The molecule has 24 heavy (non-hydrogen) atoms. The number of H-pyrrole nitrogens is 1. The van der Waals surface area contributed by atoms with Gasteiger partial charge in [0.2, 0.25) is 0 Å². The molecule has 2 aromatic rings. The summed E-state index contributed by atoms with van der Waals surface area (Å²) in [5.41, 5.74) is 1.56. The molecule has 0 radical (unpaired) electrons. The maximum atomic E-state index is 12.1. The van der Waals surface area contributed by atoms with Gasteiger partial charge in [0.1, 0.15) is 5.69 Å². The van der Waals surface area contributed by atoms with E-state index in [0.717, 1.165) is 18.2 Å². The number of aromatic nitrogens is 1. The Hall–Kier alpha value is -2.27. The lowest BCUT2D eigenvalue weighted by atomic mass is 10.1. The third kappa shape index (κ3) is 4.38. The highest BCUT2D eigenvalue weighted by atomic mass is 35.5. The first-order valence-electron chi connectivity index (χ1n) is 7.90. The molecule has 2 rings (SSSR count). The molecule has 0 bridgehead atoms. The van der Waals surface area contributed by atoms with E-state index < -0.39 is 11.9 Å². The summed E-state index contributed by atoms with van der Waals surface area (Å²) >= 11 is 5.99. The van der Waals surface area contributed by atoms with Crippen LogP contribution in [0.25, 0.3) is 17.0 Å². The third-order valence-corrected chi connectivity index (χ3v) is 3.64. The Bertz CT molecular complexity index is 764. The second-order valence-corrected chi connectivity index (χ2v) is 5.61. The predicted molar refractivity (Wildman–Crippen MR) is 94.2 cm³/mol. The SMILES string of the molecule is CCCCOC(=O)/C=C/c1c(C(=O)OCC)[nH]c2cc(Cl)ccc12. The summed E-state index contributed by atoms with van der Waals surface area (Å²) in [6.45, 7) is 4.40. The fraction of sp³-hybridized carbons (Fsp3) is 0.333. The second-order valence-electron chi connectivity index (χ2n) is 5.18. The molecule has 0 aliphatic rings. The van der Waals surface area contributed by atoms with E-state index in [-0.39, 0.29) is 12.3 Å². The molecule has 0 aliphatic heterocycles. The second kappa shape index (κ2) is 8.55. The zero-order valence-electron chi connectivity index (χ0n) is 13.7. The minimum atomic E-state index is -0.483. The summed E-state index contributed by atoms with van der Waals surface area (Å²) < 4.78 is 10.1. The lowest BCUT2D eigenvalue weighted by Gasteiger charge is -2.01. The normalized spacial score (nSPS) is 11.1. The van der Waals surface area contributed by atoms with Gasteiger partial charge in [-0.05, 0) is 31.6 Å². The van der Waals surface area contributed by atoms with Gasteiger partial charge in [-0.2, -0.15) is 0 Å². The molecular formula is C18H20ClNO4. The lowest BCUT2D eigenvalue weighted by Crippen LogP contribution is -2.07. The number of nitrogens with one attached hydrogen (secondary N) is 1. The van der Waals surface area contributed by atoms with Crippen molar-refractivity contribution in [2.45, 2.75) is 26.7 Å². The third-order valence-electron chi connectivity index (χ3n) is 3.41. The first-order chi connectivity index (χ1) is 11.6. The average Bonchev–Trinajstić information content (AvgIpc) is 2.91. The van der Waals surface area contributed by atoms with Crippen molar-refractivity contribution in [2.75, 3.05) is 13.2 Å². The molecule has 0 spiro atoms. The molecule has 0 atom stereocenters. The minimum Gasteiger partial charge on any atom is -0.463 e. The quantitative estimate of drug-likeness (QED) is 0.458. The van der Waals surface area contributed by atoms with Crippen molar-refractivity contribution in [1.82, 2.24) is 4.98 Å². The van der Waals surface area contributed by atoms with Gasteiger partial charge in [0, 0.05) is 27.6 Å². The number of hydrogen-bond donors (Lipinski definition) is 1. The molecule has 1 heterocycles. The van der Waals surface area contributed by atoms with Crippen molar-refractivity contribution in [3.8, 4) is 0 Å². The Morgan fingerprint density at radius 1 is 1.25 bits per heavy atom. The number of hydrogen-bond acceptors (Lipinski definition) is 4. The number of aromatic amines is 1. The van der Waals surface area contributed by atoms with E-state index >= 15 is 0 Å². The minimum absolute atomic E-state index is 0.261. The fourth-order valence-corrected chi connectivity index (χ4v) is 2.42. The van der Waals surface area contributed by atoms with Crippen LogP contribution in [0, 0.1) is 0 Å². The Morgan fingerprint density at radius 3 is 2.75 bits per heavy atom. The molecule has 5 nitrogen and oxygen atoms in total. The van der Waals surface area contributed by atoms with E-state index in [9.17, 15) is 9.59 Å². The molecule has 6 heteroatoms. The Kier molecular flexibility index (Phi) is 6.44. The average molecular weight is 350 g/mol. The Labute approximate surface area is 145 Å². The first-order valence-corrected chi connectivity index (χ1v) is 8.27. The summed E-state index contributed by atoms with van der Waals surface area (Å²) in [5.74, 6) is -0.926. The maximum Gasteiger partial charge on any atom is 0.355 e. The van der Waals surface area contributed by atoms with Crippen molar-refractivity contribution < 1.29 is 19.1 Å². The molecule has 0 unspecified atom stereocenters. The van der Waals surface area contributed by atoms with Crippen LogP contribution in [-0.4, -0.2) is 30.1 Å². The van der Waals surface area contributed by atoms with Gasteiger partial charge in [0.05, 0.1) is 13.2 Å². The topological polar surface area (TPSA) is 68.4 Å². The van der Waals surface area contributed by atoms with E-state index in [1.54, 1.807) is 31.2 Å².